The number of nitrogens with zero attached hydrogens (tertiary/aromatic N) is 2. The van der Waals surface area contributed by atoms with Gasteiger partial charge in [-0.3, -0.25) is 0 Å². The first-order valence-electron chi connectivity index (χ1n) is 8.70. The van der Waals surface area contributed by atoms with Gasteiger partial charge in [0.05, 0.1) is 17.7 Å². The molecule has 0 amide bonds. The summed E-state index contributed by atoms with van der Waals surface area (Å²) in [6.07, 6.45) is 0. The third-order valence-electron chi connectivity index (χ3n) is 4.31. The van der Waals surface area contributed by atoms with E-state index in [-0.39, 0.29) is 0 Å². The molecular weight excluding hydrogens is 380 g/mol. The van der Waals surface area contributed by atoms with Gasteiger partial charge in [0, 0.05) is 29.6 Å². The molecule has 0 bridgehead atoms. The van der Waals surface area contributed by atoms with E-state index >= 15 is 0 Å². The van der Waals surface area contributed by atoms with Gasteiger partial charge >= 0.3 is 0 Å². The van der Waals surface area contributed by atoms with E-state index < -0.39 is 10.0 Å². The Morgan fingerprint density at radius 3 is 2.37 bits per heavy atom. The van der Waals surface area contributed by atoms with E-state index in [1.54, 1.807) is 42.7 Å². The number of rotatable bonds is 7. The predicted molar refractivity (Wildman–Crippen MR) is 110 cm³/mol. The lowest BCUT2D eigenvalue weighted by molar-refractivity contribution is 0.415. The minimum absolute atomic E-state index is 0.304. The highest BCUT2D eigenvalue weighted by Gasteiger charge is 2.21. The molecule has 2 aromatic carbocycles. The summed E-state index contributed by atoms with van der Waals surface area (Å²) in [4.78, 5) is 4.99. The minimum Gasteiger partial charge on any atom is -0.497 e. The molecule has 0 atom stereocenters. The van der Waals surface area contributed by atoms with Crippen LogP contribution in [0.3, 0.4) is 0 Å². The van der Waals surface area contributed by atoms with Crippen LogP contribution in [-0.2, 0) is 10.0 Å². The molecule has 0 saturated carbocycles. The van der Waals surface area contributed by atoms with Gasteiger partial charge in [0.15, 0.2) is 0 Å². The van der Waals surface area contributed by atoms with Crippen molar-refractivity contribution < 1.29 is 13.2 Å². The van der Waals surface area contributed by atoms with Crippen molar-refractivity contribution in [2.75, 3.05) is 20.2 Å². The number of hydrogen-bond donors (Lipinski definition) is 0. The summed E-state index contributed by atoms with van der Waals surface area (Å²) in [7, 11) is -1.80. The Hall–Kier alpha value is -2.22. The molecule has 1 aromatic heterocycles. The second-order valence-corrected chi connectivity index (χ2v) is 8.68. The van der Waals surface area contributed by atoms with Gasteiger partial charge < -0.3 is 4.74 Å². The first kappa shape index (κ1) is 19.5. The van der Waals surface area contributed by atoms with Crippen molar-refractivity contribution in [1.29, 1.82) is 0 Å². The number of hydrogen-bond acceptors (Lipinski definition) is 5. The van der Waals surface area contributed by atoms with Gasteiger partial charge in [-0.25, -0.2) is 13.4 Å². The third-order valence-corrected chi connectivity index (χ3v) is 7.27. The Morgan fingerprint density at radius 1 is 1.04 bits per heavy atom. The predicted octanol–water partition coefficient (Wildman–Crippen LogP) is 4.52. The fourth-order valence-electron chi connectivity index (χ4n) is 2.81. The lowest BCUT2D eigenvalue weighted by Crippen LogP contribution is -2.30. The van der Waals surface area contributed by atoms with Gasteiger partial charge in [0.1, 0.15) is 10.8 Å². The van der Waals surface area contributed by atoms with Crippen LogP contribution in [0.4, 0.5) is 0 Å². The van der Waals surface area contributed by atoms with Crippen LogP contribution in [0.25, 0.3) is 21.8 Å². The Kier molecular flexibility index (Phi) is 5.94. The van der Waals surface area contributed by atoms with E-state index in [0.717, 1.165) is 27.6 Å². The van der Waals surface area contributed by atoms with Crippen LogP contribution in [0.2, 0.25) is 0 Å². The molecule has 27 heavy (non-hydrogen) atoms. The van der Waals surface area contributed by atoms with Crippen LogP contribution in [0.15, 0.2) is 58.8 Å². The zero-order chi connectivity index (χ0) is 19.4. The Labute approximate surface area is 164 Å². The molecule has 0 saturated heterocycles. The maximum absolute atomic E-state index is 12.6. The van der Waals surface area contributed by atoms with Gasteiger partial charge in [-0.1, -0.05) is 38.1 Å². The Bertz CT molecular complexity index is 1010. The zero-order valence-electron chi connectivity index (χ0n) is 15.5. The standard InChI is InChI=1S/C20H22N2O3S2/c1-4-22(5-2)27(23,24)18-11-9-15(10-12-18)19-14-26-20(21-19)16-7-6-8-17(13-16)25-3/h6-14H,4-5H2,1-3H3. The highest BCUT2D eigenvalue weighted by Crippen LogP contribution is 2.31. The van der Waals surface area contributed by atoms with Crippen molar-refractivity contribution >= 4 is 21.4 Å². The molecule has 142 valence electrons. The molecular formula is C20H22N2O3S2. The van der Waals surface area contributed by atoms with Gasteiger partial charge in [-0.2, -0.15) is 4.31 Å². The third kappa shape index (κ3) is 4.05. The molecule has 1 heterocycles. The average Bonchev–Trinajstić information content (AvgIpc) is 3.19. The zero-order valence-corrected chi connectivity index (χ0v) is 17.2. The quantitative estimate of drug-likeness (QED) is 0.583. The minimum atomic E-state index is -3.44. The van der Waals surface area contributed by atoms with E-state index in [9.17, 15) is 8.42 Å². The fourth-order valence-corrected chi connectivity index (χ4v) is 5.09. The highest BCUT2D eigenvalue weighted by molar-refractivity contribution is 7.89. The molecule has 0 N–H and O–H groups in total. The van der Waals surface area contributed by atoms with E-state index in [0.29, 0.717) is 18.0 Å². The molecule has 0 unspecified atom stereocenters. The molecule has 7 heteroatoms. The van der Waals surface area contributed by atoms with Crippen LogP contribution in [-0.4, -0.2) is 37.9 Å². The number of thiazole rings is 1. The first-order chi connectivity index (χ1) is 13.0. The van der Waals surface area contributed by atoms with Gasteiger partial charge in [0.2, 0.25) is 10.0 Å². The summed E-state index contributed by atoms with van der Waals surface area (Å²) >= 11 is 1.55. The maximum Gasteiger partial charge on any atom is 0.243 e. The summed E-state index contributed by atoms with van der Waals surface area (Å²) in [5.41, 5.74) is 2.70. The first-order valence-corrected chi connectivity index (χ1v) is 11.0. The largest absolute Gasteiger partial charge is 0.497 e. The monoisotopic (exact) mass is 402 g/mol. The molecule has 0 fully saturated rings. The maximum atomic E-state index is 12.6. The molecule has 0 radical (unpaired) electrons. The number of ether oxygens (including phenoxy) is 1. The van der Waals surface area contributed by atoms with Crippen molar-refractivity contribution in [2.45, 2.75) is 18.7 Å². The van der Waals surface area contributed by atoms with E-state index in [1.165, 1.54) is 4.31 Å². The SMILES string of the molecule is CCN(CC)S(=O)(=O)c1ccc(-c2csc(-c3cccc(OC)c3)n2)cc1. The van der Waals surface area contributed by atoms with Crippen molar-refractivity contribution in [3.05, 3.63) is 53.9 Å². The summed E-state index contributed by atoms with van der Waals surface area (Å²) in [6, 6.07) is 14.7. The van der Waals surface area contributed by atoms with Gasteiger partial charge in [-0.15, -0.1) is 11.3 Å². The van der Waals surface area contributed by atoms with Crippen molar-refractivity contribution in [1.82, 2.24) is 9.29 Å². The molecule has 3 aromatic rings. The van der Waals surface area contributed by atoms with Crippen LogP contribution in [0.1, 0.15) is 13.8 Å². The van der Waals surface area contributed by atoms with Gasteiger partial charge in [-0.05, 0) is 24.3 Å². The van der Waals surface area contributed by atoms with Gasteiger partial charge in [0.25, 0.3) is 0 Å². The number of aromatic nitrogens is 1. The second-order valence-electron chi connectivity index (χ2n) is 5.88. The molecule has 0 aliphatic heterocycles. The topological polar surface area (TPSA) is 59.5 Å². The van der Waals surface area contributed by atoms with Crippen molar-refractivity contribution in [3.8, 4) is 27.6 Å². The van der Waals surface area contributed by atoms with Crippen LogP contribution in [0.5, 0.6) is 5.75 Å². The summed E-state index contributed by atoms with van der Waals surface area (Å²) in [5.74, 6) is 0.787. The van der Waals surface area contributed by atoms with Crippen LogP contribution in [0, 0.1) is 0 Å². The summed E-state index contributed by atoms with van der Waals surface area (Å²) in [5, 5.41) is 2.87. The van der Waals surface area contributed by atoms with Crippen LogP contribution < -0.4 is 4.74 Å². The van der Waals surface area contributed by atoms with Crippen molar-refractivity contribution in [2.24, 2.45) is 0 Å². The second kappa shape index (κ2) is 8.21. The molecule has 0 spiro atoms. The van der Waals surface area contributed by atoms with Crippen LogP contribution >= 0.6 is 11.3 Å². The lowest BCUT2D eigenvalue weighted by Gasteiger charge is -2.18. The number of benzene rings is 2. The van der Waals surface area contributed by atoms with E-state index in [1.807, 2.05) is 43.5 Å². The Morgan fingerprint density at radius 2 is 1.74 bits per heavy atom. The van der Waals surface area contributed by atoms with Crippen molar-refractivity contribution in [3.63, 3.8) is 0 Å². The highest BCUT2D eigenvalue weighted by atomic mass is 32.2. The lowest BCUT2D eigenvalue weighted by atomic mass is 10.2. The normalized spacial score (nSPS) is 11.7. The number of sulfonamides is 1. The Balaban J connectivity index is 1.87. The molecule has 3 rings (SSSR count). The molecule has 5 nitrogen and oxygen atoms in total. The summed E-state index contributed by atoms with van der Waals surface area (Å²) in [6.45, 7) is 4.59. The smallest absolute Gasteiger partial charge is 0.243 e. The van der Waals surface area contributed by atoms with E-state index in [4.69, 9.17) is 4.74 Å². The van der Waals surface area contributed by atoms with E-state index in [2.05, 4.69) is 4.98 Å². The fraction of sp³-hybridized carbons (Fsp3) is 0.250. The summed E-state index contributed by atoms with van der Waals surface area (Å²) < 4.78 is 31.9. The molecule has 0 aliphatic carbocycles. The average molecular weight is 403 g/mol. The molecule has 0 aliphatic rings. The number of methoxy groups -OCH3 is 1.